The van der Waals surface area contributed by atoms with Gasteiger partial charge in [0.1, 0.15) is 0 Å². The summed E-state index contributed by atoms with van der Waals surface area (Å²) in [6.07, 6.45) is -4.39. The molecule has 0 bridgehead atoms. The molecule has 0 aliphatic carbocycles. The highest BCUT2D eigenvalue weighted by Crippen LogP contribution is 2.34. The summed E-state index contributed by atoms with van der Waals surface area (Å²) in [7, 11) is 0. The Balaban J connectivity index is 1.69. The molecular formula is C23H25F3N4O. The first kappa shape index (κ1) is 21.4. The monoisotopic (exact) mass is 430 g/mol. The highest BCUT2D eigenvalue weighted by atomic mass is 19.4. The van der Waals surface area contributed by atoms with Crippen molar-refractivity contribution in [3.63, 3.8) is 0 Å². The van der Waals surface area contributed by atoms with E-state index in [2.05, 4.69) is 32.5 Å². The Morgan fingerprint density at radius 2 is 1.74 bits per heavy atom. The van der Waals surface area contributed by atoms with Crippen molar-refractivity contribution in [3.8, 4) is 0 Å². The zero-order chi connectivity index (χ0) is 22.2. The molecule has 8 heteroatoms. The van der Waals surface area contributed by atoms with Crippen LogP contribution >= 0.6 is 0 Å². The van der Waals surface area contributed by atoms with Gasteiger partial charge in [0.15, 0.2) is 5.82 Å². The average Bonchev–Trinajstić information content (AvgIpc) is 2.75. The van der Waals surface area contributed by atoms with Gasteiger partial charge in [-0.3, -0.25) is 0 Å². The van der Waals surface area contributed by atoms with Crippen molar-refractivity contribution in [2.24, 2.45) is 0 Å². The summed E-state index contributed by atoms with van der Waals surface area (Å²) < 4.78 is 45.2. The zero-order valence-electron chi connectivity index (χ0n) is 17.8. The van der Waals surface area contributed by atoms with Crippen molar-refractivity contribution in [3.05, 3.63) is 58.8 Å². The lowest BCUT2D eigenvalue weighted by Gasteiger charge is -2.29. The van der Waals surface area contributed by atoms with Gasteiger partial charge in [-0.1, -0.05) is 17.7 Å². The largest absolute Gasteiger partial charge is 0.416 e. The van der Waals surface area contributed by atoms with E-state index in [1.54, 1.807) is 13.0 Å². The predicted molar refractivity (Wildman–Crippen MR) is 116 cm³/mol. The fourth-order valence-electron chi connectivity index (χ4n) is 3.92. The second-order valence-corrected chi connectivity index (χ2v) is 7.96. The number of alkyl halides is 3. The van der Waals surface area contributed by atoms with Gasteiger partial charge in [-0.15, -0.1) is 5.10 Å². The second-order valence-electron chi connectivity index (χ2n) is 7.96. The van der Waals surface area contributed by atoms with Crippen LogP contribution in [0.4, 0.5) is 24.7 Å². The summed E-state index contributed by atoms with van der Waals surface area (Å²) in [5.74, 6) is 0.554. The quantitative estimate of drug-likeness (QED) is 0.611. The van der Waals surface area contributed by atoms with Crippen molar-refractivity contribution >= 4 is 22.3 Å². The molecule has 1 aliphatic heterocycles. The van der Waals surface area contributed by atoms with Crippen LogP contribution < -0.4 is 10.2 Å². The van der Waals surface area contributed by atoms with E-state index in [0.29, 0.717) is 30.2 Å². The highest BCUT2D eigenvalue weighted by molar-refractivity contribution is 5.95. The van der Waals surface area contributed by atoms with Crippen molar-refractivity contribution < 1.29 is 17.9 Å². The average molecular weight is 430 g/mol. The number of morpholine rings is 1. The molecule has 1 fully saturated rings. The first-order valence-corrected chi connectivity index (χ1v) is 10.3. The predicted octanol–water partition coefficient (Wildman–Crippen LogP) is 5.28. The minimum atomic E-state index is -4.39. The Bertz CT molecular complexity index is 1090. The number of hydrogen-bond donors (Lipinski definition) is 1. The van der Waals surface area contributed by atoms with Gasteiger partial charge in [0.25, 0.3) is 0 Å². The molecule has 1 N–H and O–H groups in total. The molecule has 0 amide bonds. The fourth-order valence-corrected chi connectivity index (χ4v) is 3.92. The molecule has 31 heavy (non-hydrogen) atoms. The minimum absolute atomic E-state index is 0.381. The van der Waals surface area contributed by atoms with E-state index in [1.165, 1.54) is 6.07 Å². The first-order chi connectivity index (χ1) is 14.7. The topological polar surface area (TPSA) is 50.3 Å². The number of nitrogens with one attached hydrogen (secondary N) is 1. The third-order valence-electron chi connectivity index (χ3n) is 5.60. The van der Waals surface area contributed by atoms with Crippen molar-refractivity contribution in [1.82, 2.24) is 10.2 Å². The van der Waals surface area contributed by atoms with Gasteiger partial charge < -0.3 is 15.0 Å². The lowest BCUT2D eigenvalue weighted by Crippen LogP contribution is -2.36. The summed E-state index contributed by atoms with van der Waals surface area (Å²) in [5.41, 5.74) is 2.33. The van der Waals surface area contributed by atoms with Crippen LogP contribution in [0.15, 0.2) is 36.4 Å². The SMILES string of the molecule is Cc1cc(C(C)Nc2nnc(C)c3ccc(N4CCOCC4)cc23)cc(C(F)(F)F)c1. The number of benzene rings is 2. The number of hydrogen-bond acceptors (Lipinski definition) is 5. The second kappa shape index (κ2) is 8.34. The van der Waals surface area contributed by atoms with Gasteiger partial charge in [-0.05, 0) is 50.6 Å². The summed E-state index contributed by atoms with van der Waals surface area (Å²) in [6.45, 7) is 8.38. The normalized spacial score (nSPS) is 15.9. The molecule has 2 heterocycles. The van der Waals surface area contributed by atoms with Gasteiger partial charge in [0.05, 0.1) is 30.5 Å². The van der Waals surface area contributed by atoms with Gasteiger partial charge >= 0.3 is 6.18 Å². The highest BCUT2D eigenvalue weighted by Gasteiger charge is 2.31. The number of rotatable bonds is 4. The number of ether oxygens (including phenoxy) is 1. The first-order valence-electron chi connectivity index (χ1n) is 10.3. The Morgan fingerprint density at radius 3 is 2.45 bits per heavy atom. The smallest absolute Gasteiger partial charge is 0.378 e. The molecule has 1 saturated heterocycles. The number of aromatic nitrogens is 2. The molecule has 4 rings (SSSR count). The molecular weight excluding hydrogens is 405 g/mol. The van der Waals surface area contributed by atoms with Crippen molar-refractivity contribution in [2.45, 2.75) is 33.0 Å². The molecule has 0 radical (unpaired) electrons. The molecule has 1 atom stereocenters. The number of nitrogens with zero attached hydrogens (tertiary/aromatic N) is 3. The van der Waals surface area contributed by atoms with E-state index in [4.69, 9.17) is 4.74 Å². The maximum Gasteiger partial charge on any atom is 0.416 e. The van der Waals surface area contributed by atoms with Gasteiger partial charge in [0.2, 0.25) is 0 Å². The maximum atomic E-state index is 13.3. The molecule has 0 saturated carbocycles. The number of halogens is 3. The minimum Gasteiger partial charge on any atom is -0.378 e. The zero-order valence-corrected chi connectivity index (χ0v) is 17.8. The molecule has 1 aromatic heterocycles. The third-order valence-corrected chi connectivity index (χ3v) is 5.60. The van der Waals surface area contributed by atoms with Crippen LogP contribution in [-0.2, 0) is 10.9 Å². The molecule has 0 spiro atoms. The summed E-state index contributed by atoms with van der Waals surface area (Å²) in [5, 5.41) is 13.7. The van der Waals surface area contributed by atoms with Crippen LogP contribution in [0.1, 0.15) is 35.3 Å². The Kier molecular flexibility index (Phi) is 5.75. The van der Waals surface area contributed by atoms with Crippen LogP contribution in [0.5, 0.6) is 0 Å². The Labute approximate surface area is 179 Å². The van der Waals surface area contributed by atoms with Gasteiger partial charge in [-0.25, -0.2) is 0 Å². The van der Waals surface area contributed by atoms with Gasteiger partial charge in [0, 0.05) is 29.5 Å². The lowest BCUT2D eigenvalue weighted by atomic mass is 10.0. The fraction of sp³-hybridized carbons (Fsp3) is 0.391. The maximum absolute atomic E-state index is 13.3. The number of fused-ring (bicyclic) bond motifs is 1. The lowest BCUT2D eigenvalue weighted by molar-refractivity contribution is -0.137. The number of anilines is 2. The number of aryl methyl sites for hydroxylation is 2. The summed E-state index contributed by atoms with van der Waals surface area (Å²) in [6, 6.07) is 9.87. The van der Waals surface area contributed by atoms with Crippen LogP contribution in [0.2, 0.25) is 0 Å². The van der Waals surface area contributed by atoms with E-state index in [1.807, 2.05) is 19.9 Å². The summed E-state index contributed by atoms with van der Waals surface area (Å²) >= 11 is 0. The van der Waals surface area contributed by atoms with Crippen LogP contribution in [0.3, 0.4) is 0 Å². The van der Waals surface area contributed by atoms with E-state index < -0.39 is 11.7 Å². The standard InChI is InChI=1S/C23H25F3N4O/c1-14-10-17(12-18(11-14)23(24,25)26)15(2)27-22-21-13-19(30-6-8-31-9-7-30)4-5-20(21)16(3)28-29-22/h4-5,10-13,15H,6-9H2,1-3H3,(H,27,29). The van der Waals surface area contributed by atoms with Crippen molar-refractivity contribution in [1.29, 1.82) is 0 Å². The van der Waals surface area contributed by atoms with Gasteiger partial charge in [-0.2, -0.15) is 18.3 Å². The molecule has 1 unspecified atom stereocenters. The van der Waals surface area contributed by atoms with Crippen LogP contribution in [-0.4, -0.2) is 36.5 Å². The molecule has 5 nitrogen and oxygen atoms in total. The van der Waals surface area contributed by atoms with Crippen molar-refractivity contribution in [2.75, 3.05) is 36.5 Å². The van der Waals surface area contributed by atoms with Crippen LogP contribution in [0, 0.1) is 13.8 Å². The molecule has 1 aliphatic rings. The molecule has 2 aromatic carbocycles. The third kappa shape index (κ3) is 4.58. The van der Waals surface area contributed by atoms with E-state index in [0.717, 1.165) is 41.3 Å². The summed E-state index contributed by atoms with van der Waals surface area (Å²) in [4.78, 5) is 2.25. The van der Waals surface area contributed by atoms with E-state index in [9.17, 15) is 13.2 Å². The van der Waals surface area contributed by atoms with E-state index in [-0.39, 0.29) is 6.04 Å². The Morgan fingerprint density at radius 1 is 1.00 bits per heavy atom. The molecule has 3 aromatic rings. The molecule has 164 valence electrons. The van der Waals surface area contributed by atoms with Crippen LogP contribution in [0.25, 0.3) is 10.8 Å². The van der Waals surface area contributed by atoms with E-state index >= 15 is 0 Å². The Hall–Kier alpha value is -2.87.